The summed E-state index contributed by atoms with van der Waals surface area (Å²) >= 11 is 0. The molecule has 28 heavy (non-hydrogen) atoms. The molecule has 0 atom stereocenters. The number of rotatable bonds is 4. The first-order chi connectivity index (χ1) is 13.6. The summed E-state index contributed by atoms with van der Waals surface area (Å²) in [4.78, 5) is 55.5. The molecule has 3 aliphatic rings. The van der Waals surface area contributed by atoms with Crippen molar-refractivity contribution in [2.75, 3.05) is 37.6 Å². The summed E-state index contributed by atoms with van der Waals surface area (Å²) in [6, 6.07) is 9.13. The molecule has 5 amide bonds. The van der Waals surface area contributed by atoms with Gasteiger partial charge in [0.2, 0.25) is 5.91 Å². The number of carbonyl (C=O) groups is 4. The molecule has 0 radical (unpaired) electrons. The quantitative estimate of drug-likeness (QED) is 0.573. The highest BCUT2D eigenvalue weighted by Gasteiger charge is 2.48. The molecule has 4 rings (SSSR count). The number of piperazine rings is 1. The molecule has 148 valence electrons. The fourth-order valence-corrected chi connectivity index (χ4v) is 4.23. The topological polar surface area (TPSA) is 81.2 Å². The van der Waals surface area contributed by atoms with Gasteiger partial charge in [-0.3, -0.25) is 19.3 Å². The zero-order chi connectivity index (χ0) is 19.7. The Morgan fingerprint density at radius 1 is 0.893 bits per heavy atom. The van der Waals surface area contributed by atoms with Crippen LogP contribution in [0.3, 0.4) is 0 Å². The van der Waals surface area contributed by atoms with Gasteiger partial charge in [-0.25, -0.2) is 9.69 Å². The average molecular weight is 384 g/mol. The third kappa shape index (κ3) is 3.34. The Bertz CT molecular complexity index is 783. The van der Waals surface area contributed by atoms with Crippen molar-refractivity contribution in [2.24, 2.45) is 0 Å². The molecule has 0 aromatic heterocycles. The van der Waals surface area contributed by atoms with Gasteiger partial charge in [0.05, 0.1) is 0 Å². The molecule has 2 aliphatic heterocycles. The van der Waals surface area contributed by atoms with Crippen molar-refractivity contribution >= 4 is 29.4 Å². The van der Waals surface area contributed by atoms with Crippen LogP contribution in [-0.2, 0) is 14.4 Å². The highest BCUT2D eigenvalue weighted by atomic mass is 16.2. The van der Waals surface area contributed by atoms with Crippen molar-refractivity contribution in [3.8, 4) is 0 Å². The number of benzene rings is 1. The maximum atomic E-state index is 12.7. The molecule has 8 nitrogen and oxygen atoms in total. The summed E-state index contributed by atoms with van der Waals surface area (Å²) in [6.45, 7) is 2.04. The Morgan fingerprint density at radius 2 is 1.54 bits per heavy atom. The number of urea groups is 1. The van der Waals surface area contributed by atoms with Crippen LogP contribution in [0.4, 0.5) is 10.5 Å². The molecule has 1 aromatic rings. The minimum Gasteiger partial charge on any atom is -0.368 e. The number of imide groups is 2. The Morgan fingerprint density at radius 3 is 2.18 bits per heavy atom. The third-order valence-corrected chi connectivity index (χ3v) is 5.82. The summed E-state index contributed by atoms with van der Waals surface area (Å²) in [6.07, 6.45) is 3.35. The van der Waals surface area contributed by atoms with E-state index in [1.54, 1.807) is 4.90 Å². The van der Waals surface area contributed by atoms with Crippen molar-refractivity contribution in [3.05, 3.63) is 30.3 Å². The Balaban J connectivity index is 1.35. The van der Waals surface area contributed by atoms with E-state index < -0.39 is 17.8 Å². The zero-order valence-corrected chi connectivity index (χ0v) is 15.7. The molecule has 8 heteroatoms. The summed E-state index contributed by atoms with van der Waals surface area (Å²) < 4.78 is 0. The maximum absolute atomic E-state index is 12.7. The standard InChI is InChI=1S/C20H24N4O4/c25-17(22-12-10-21(11-13-22)15-6-2-1-3-7-15)14-23-18(26)19(27)24(20(23)28)16-8-4-5-9-16/h1-3,6-7,16H,4-5,8-14H2. The van der Waals surface area contributed by atoms with Gasteiger partial charge in [-0.1, -0.05) is 31.0 Å². The predicted octanol–water partition coefficient (Wildman–Crippen LogP) is 1.07. The highest BCUT2D eigenvalue weighted by Crippen LogP contribution is 2.27. The summed E-state index contributed by atoms with van der Waals surface area (Å²) in [5, 5.41) is 0. The lowest BCUT2D eigenvalue weighted by molar-refractivity contribution is -0.145. The van der Waals surface area contributed by atoms with Crippen LogP contribution < -0.4 is 4.90 Å². The molecule has 2 saturated heterocycles. The summed E-state index contributed by atoms with van der Waals surface area (Å²) in [5.41, 5.74) is 1.11. The van der Waals surface area contributed by atoms with E-state index in [0.717, 1.165) is 41.2 Å². The van der Waals surface area contributed by atoms with Gasteiger partial charge in [0.25, 0.3) is 0 Å². The number of nitrogens with zero attached hydrogens (tertiary/aromatic N) is 4. The first kappa shape index (κ1) is 18.5. The molecule has 1 saturated carbocycles. The van der Waals surface area contributed by atoms with Gasteiger partial charge in [-0.15, -0.1) is 0 Å². The minimum absolute atomic E-state index is 0.210. The van der Waals surface area contributed by atoms with Crippen molar-refractivity contribution in [3.63, 3.8) is 0 Å². The lowest BCUT2D eigenvalue weighted by atomic mass is 10.2. The molecule has 3 fully saturated rings. The third-order valence-electron chi connectivity index (χ3n) is 5.82. The Labute approximate surface area is 163 Å². The number of carbonyl (C=O) groups excluding carboxylic acids is 4. The smallest absolute Gasteiger partial charge is 0.334 e. The lowest BCUT2D eigenvalue weighted by Gasteiger charge is -2.36. The number of hydrogen-bond donors (Lipinski definition) is 0. The molecule has 1 aliphatic carbocycles. The van der Waals surface area contributed by atoms with Crippen LogP contribution in [0.15, 0.2) is 30.3 Å². The van der Waals surface area contributed by atoms with E-state index >= 15 is 0 Å². The molecule has 0 spiro atoms. The van der Waals surface area contributed by atoms with Gasteiger partial charge in [-0.05, 0) is 25.0 Å². The minimum atomic E-state index is -0.881. The van der Waals surface area contributed by atoms with Crippen LogP contribution in [0, 0.1) is 0 Å². The Hall–Kier alpha value is -2.90. The van der Waals surface area contributed by atoms with Crippen molar-refractivity contribution in [2.45, 2.75) is 31.7 Å². The monoisotopic (exact) mass is 384 g/mol. The summed E-state index contributed by atoms with van der Waals surface area (Å²) in [5.74, 6) is -1.97. The molecule has 0 bridgehead atoms. The molecular formula is C20H24N4O4. The fraction of sp³-hybridized carbons (Fsp3) is 0.500. The second-order valence-electron chi connectivity index (χ2n) is 7.49. The number of amides is 5. The van der Waals surface area contributed by atoms with E-state index in [2.05, 4.69) is 4.90 Å². The van der Waals surface area contributed by atoms with E-state index in [4.69, 9.17) is 0 Å². The SMILES string of the molecule is O=C(CN1C(=O)C(=O)N(C2CCCC2)C1=O)N1CCN(c2ccccc2)CC1. The zero-order valence-electron chi connectivity index (χ0n) is 15.7. The predicted molar refractivity (Wildman–Crippen MR) is 101 cm³/mol. The van der Waals surface area contributed by atoms with E-state index in [9.17, 15) is 19.2 Å². The maximum Gasteiger partial charge on any atom is 0.334 e. The first-order valence-electron chi connectivity index (χ1n) is 9.83. The van der Waals surface area contributed by atoms with E-state index in [-0.39, 0.29) is 18.5 Å². The van der Waals surface area contributed by atoms with Crippen LogP contribution in [0.1, 0.15) is 25.7 Å². The number of hydrogen-bond acceptors (Lipinski definition) is 5. The van der Waals surface area contributed by atoms with Gasteiger partial charge in [0, 0.05) is 37.9 Å². The van der Waals surface area contributed by atoms with Crippen molar-refractivity contribution in [1.82, 2.24) is 14.7 Å². The molecule has 1 aromatic carbocycles. The molecular weight excluding hydrogens is 360 g/mol. The molecule has 2 heterocycles. The highest BCUT2D eigenvalue weighted by molar-refractivity contribution is 6.45. The van der Waals surface area contributed by atoms with Gasteiger partial charge in [0.1, 0.15) is 6.54 Å². The van der Waals surface area contributed by atoms with Gasteiger partial charge < -0.3 is 9.80 Å². The second-order valence-corrected chi connectivity index (χ2v) is 7.49. The fourth-order valence-electron chi connectivity index (χ4n) is 4.23. The normalized spacial score (nSPS) is 21.2. The number of para-hydroxylation sites is 1. The Kier molecular flexibility index (Phi) is 5.02. The summed E-state index contributed by atoms with van der Waals surface area (Å²) in [7, 11) is 0. The van der Waals surface area contributed by atoms with E-state index in [1.165, 1.54) is 0 Å². The van der Waals surface area contributed by atoms with Crippen LogP contribution in [0.5, 0.6) is 0 Å². The first-order valence-corrected chi connectivity index (χ1v) is 9.83. The van der Waals surface area contributed by atoms with Gasteiger partial charge in [0.15, 0.2) is 0 Å². The molecule has 0 unspecified atom stereocenters. The lowest BCUT2D eigenvalue weighted by Crippen LogP contribution is -2.52. The number of anilines is 1. The van der Waals surface area contributed by atoms with Gasteiger partial charge in [-0.2, -0.15) is 0 Å². The molecule has 0 N–H and O–H groups in total. The van der Waals surface area contributed by atoms with Crippen LogP contribution >= 0.6 is 0 Å². The second kappa shape index (κ2) is 7.61. The van der Waals surface area contributed by atoms with E-state index in [1.807, 2.05) is 30.3 Å². The van der Waals surface area contributed by atoms with Crippen molar-refractivity contribution in [1.29, 1.82) is 0 Å². The average Bonchev–Trinajstić information content (AvgIpc) is 3.32. The van der Waals surface area contributed by atoms with Crippen LogP contribution in [0.2, 0.25) is 0 Å². The van der Waals surface area contributed by atoms with Crippen LogP contribution in [-0.4, -0.2) is 77.2 Å². The van der Waals surface area contributed by atoms with E-state index in [0.29, 0.717) is 26.2 Å². The van der Waals surface area contributed by atoms with Crippen molar-refractivity contribution < 1.29 is 19.2 Å². The van der Waals surface area contributed by atoms with Gasteiger partial charge >= 0.3 is 17.8 Å². The van der Waals surface area contributed by atoms with Crippen LogP contribution in [0.25, 0.3) is 0 Å². The largest absolute Gasteiger partial charge is 0.368 e.